The first-order valence-electron chi connectivity index (χ1n) is 9.92. The molecule has 158 valence electrons. The van der Waals surface area contributed by atoms with Gasteiger partial charge < -0.3 is 0 Å². The van der Waals surface area contributed by atoms with Crippen molar-refractivity contribution in [3.63, 3.8) is 0 Å². The van der Waals surface area contributed by atoms with E-state index in [1.165, 1.54) is 0 Å². The molecule has 3 aromatic rings. The molecule has 0 unspecified atom stereocenters. The van der Waals surface area contributed by atoms with Crippen molar-refractivity contribution >= 4 is 0 Å². The van der Waals surface area contributed by atoms with Crippen LogP contribution in [0.25, 0.3) is 5.69 Å². The molecule has 0 spiro atoms. The molecule has 0 amide bonds. The van der Waals surface area contributed by atoms with Gasteiger partial charge in [-0.1, -0.05) is 30.3 Å². The van der Waals surface area contributed by atoms with Gasteiger partial charge in [-0.25, -0.2) is 0 Å². The van der Waals surface area contributed by atoms with Gasteiger partial charge >= 0.3 is 6.18 Å². The highest BCUT2D eigenvalue weighted by molar-refractivity contribution is 5.30. The number of rotatable bonds is 5. The summed E-state index contributed by atoms with van der Waals surface area (Å²) in [5.41, 5.74) is 1.21. The Morgan fingerprint density at radius 3 is 2.13 bits per heavy atom. The van der Waals surface area contributed by atoms with E-state index >= 15 is 0 Å². The first-order chi connectivity index (χ1) is 14.5. The number of tetrazole rings is 1. The lowest BCUT2D eigenvalue weighted by Gasteiger charge is -2.21. The van der Waals surface area contributed by atoms with Crippen LogP contribution in [-0.4, -0.2) is 56.2 Å². The third kappa shape index (κ3) is 5.03. The molecule has 0 radical (unpaired) electrons. The van der Waals surface area contributed by atoms with Gasteiger partial charge in [0, 0.05) is 19.6 Å². The monoisotopic (exact) mass is 416 g/mol. The predicted octanol–water partition coefficient (Wildman–Crippen LogP) is 3.39. The van der Waals surface area contributed by atoms with Gasteiger partial charge in [-0.15, -0.1) is 5.10 Å². The second-order valence-corrected chi connectivity index (χ2v) is 7.44. The Kier molecular flexibility index (Phi) is 6.10. The summed E-state index contributed by atoms with van der Waals surface area (Å²) in [5, 5.41) is 12.1. The standard InChI is InChI=1S/C21H23F3N6/c22-21(23,24)18-9-7-17(8-10-18)15-28-11-4-12-29(14-13-28)16-20-25-26-27-30(20)19-5-2-1-3-6-19/h1-3,5-10H,4,11-16H2. The molecule has 1 saturated heterocycles. The van der Waals surface area contributed by atoms with Gasteiger partial charge in [-0.2, -0.15) is 17.9 Å². The van der Waals surface area contributed by atoms with E-state index in [4.69, 9.17) is 0 Å². The maximum atomic E-state index is 12.7. The van der Waals surface area contributed by atoms with Crippen LogP contribution in [0.15, 0.2) is 54.6 Å². The van der Waals surface area contributed by atoms with Crippen molar-refractivity contribution in [2.75, 3.05) is 26.2 Å². The average Bonchev–Trinajstić information content (AvgIpc) is 3.09. The highest BCUT2D eigenvalue weighted by atomic mass is 19.4. The minimum atomic E-state index is -4.29. The van der Waals surface area contributed by atoms with E-state index in [0.29, 0.717) is 13.1 Å². The second kappa shape index (κ2) is 8.93. The predicted molar refractivity (Wildman–Crippen MR) is 106 cm³/mol. The number of para-hydroxylation sites is 1. The number of alkyl halides is 3. The fraction of sp³-hybridized carbons (Fsp3) is 0.381. The zero-order chi connectivity index (χ0) is 21.0. The highest BCUT2D eigenvalue weighted by Crippen LogP contribution is 2.29. The maximum Gasteiger partial charge on any atom is 0.416 e. The van der Waals surface area contributed by atoms with Crippen LogP contribution in [0, 0.1) is 0 Å². The van der Waals surface area contributed by atoms with Crippen LogP contribution in [0.4, 0.5) is 13.2 Å². The van der Waals surface area contributed by atoms with Crippen molar-refractivity contribution in [2.24, 2.45) is 0 Å². The highest BCUT2D eigenvalue weighted by Gasteiger charge is 2.30. The Bertz CT molecular complexity index is 939. The summed E-state index contributed by atoms with van der Waals surface area (Å²) in [7, 11) is 0. The van der Waals surface area contributed by atoms with Crippen LogP contribution in [0.1, 0.15) is 23.4 Å². The molecule has 0 saturated carbocycles. The Balaban J connectivity index is 1.34. The number of benzene rings is 2. The van der Waals surface area contributed by atoms with Gasteiger partial charge in [-0.05, 0) is 59.8 Å². The molecule has 0 N–H and O–H groups in total. The molecule has 2 heterocycles. The van der Waals surface area contributed by atoms with Crippen molar-refractivity contribution < 1.29 is 13.2 Å². The number of nitrogens with zero attached hydrogens (tertiary/aromatic N) is 6. The van der Waals surface area contributed by atoms with Crippen molar-refractivity contribution in [3.05, 3.63) is 71.5 Å². The number of aromatic nitrogens is 4. The molecule has 1 aliphatic rings. The van der Waals surface area contributed by atoms with Crippen molar-refractivity contribution in [3.8, 4) is 5.69 Å². The molecule has 9 heteroatoms. The number of halogens is 3. The largest absolute Gasteiger partial charge is 0.416 e. The minimum Gasteiger partial charge on any atom is -0.298 e. The van der Waals surface area contributed by atoms with Gasteiger partial charge in [-0.3, -0.25) is 9.80 Å². The van der Waals surface area contributed by atoms with E-state index in [9.17, 15) is 13.2 Å². The summed E-state index contributed by atoms with van der Waals surface area (Å²) in [6, 6.07) is 15.2. The Morgan fingerprint density at radius 1 is 0.800 bits per heavy atom. The number of hydrogen-bond donors (Lipinski definition) is 0. The van der Waals surface area contributed by atoms with Gasteiger partial charge in [0.15, 0.2) is 5.82 Å². The van der Waals surface area contributed by atoms with Gasteiger partial charge in [0.05, 0.1) is 17.8 Å². The minimum absolute atomic E-state index is 0.607. The van der Waals surface area contributed by atoms with Gasteiger partial charge in [0.1, 0.15) is 0 Å². The van der Waals surface area contributed by atoms with Crippen LogP contribution in [0.5, 0.6) is 0 Å². The SMILES string of the molecule is FC(F)(F)c1ccc(CN2CCCN(Cc3nnnn3-c3ccccc3)CC2)cc1. The van der Waals surface area contributed by atoms with Gasteiger partial charge in [0.2, 0.25) is 0 Å². The first kappa shape index (κ1) is 20.5. The molecular formula is C21H23F3N6. The molecular weight excluding hydrogens is 393 g/mol. The third-order valence-electron chi connectivity index (χ3n) is 5.27. The Hall–Kier alpha value is -2.78. The average molecular weight is 416 g/mol. The van der Waals surface area contributed by atoms with Crippen LogP contribution >= 0.6 is 0 Å². The second-order valence-electron chi connectivity index (χ2n) is 7.44. The molecule has 1 aromatic heterocycles. The molecule has 2 aromatic carbocycles. The molecule has 0 atom stereocenters. The molecule has 0 bridgehead atoms. The summed E-state index contributed by atoms with van der Waals surface area (Å²) < 4.78 is 40.0. The first-order valence-corrected chi connectivity index (χ1v) is 9.92. The Morgan fingerprint density at radius 2 is 1.47 bits per heavy atom. The fourth-order valence-corrected chi connectivity index (χ4v) is 3.67. The van der Waals surface area contributed by atoms with E-state index in [0.717, 1.165) is 61.8 Å². The van der Waals surface area contributed by atoms with Crippen molar-refractivity contribution in [1.29, 1.82) is 0 Å². The van der Waals surface area contributed by atoms with E-state index in [2.05, 4.69) is 25.3 Å². The number of hydrogen-bond acceptors (Lipinski definition) is 5. The third-order valence-corrected chi connectivity index (χ3v) is 5.27. The summed E-state index contributed by atoms with van der Waals surface area (Å²) >= 11 is 0. The van der Waals surface area contributed by atoms with E-state index in [1.807, 2.05) is 30.3 Å². The zero-order valence-corrected chi connectivity index (χ0v) is 16.5. The maximum absolute atomic E-state index is 12.7. The lowest BCUT2D eigenvalue weighted by molar-refractivity contribution is -0.137. The van der Waals surface area contributed by atoms with Crippen molar-refractivity contribution in [2.45, 2.75) is 25.7 Å². The van der Waals surface area contributed by atoms with E-state index in [-0.39, 0.29) is 0 Å². The molecule has 1 aliphatic heterocycles. The molecule has 0 aliphatic carbocycles. The van der Waals surface area contributed by atoms with Crippen LogP contribution in [-0.2, 0) is 19.3 Å². The molecule has 6 nitrogen and oxygen atoms in total. The lowest BCUT2D eigenvalue weighted by atomic mass is 10.1. The smallest absolute Gasteiger partial charge is 0.298 e. The summed E-state index contributed by atoms with van der Waals surface area (Å²) in [5.74, 6) is 0.789. The normalized spacial score (nSPS) is 16.5. The van der Waals surface area contributed by atoms with E-state index in [1.54, 1.807) is 16.8 Å². The van der Waals surface area contributed by atoms with Crippen LogP contribution in [0.2, 0.25) is 0 Å². The topological polar surface area (TPSA) is 50.1 Å². The molecule has 4 rings (SSSR count). The van der Waals surface area contributed by atoms with Crippen LogP contribution < -0.4 is 0 Å². The fourth-order valence-electron chi connectivity index (χ4n) is 3.67. The lowest BCUT2D eigenvalue weighted by Crippen LogP contribution is -2.31. The summed E-state index contributed by atoms with van der Waals surface area (Å²) in [6.45, 7) is 4.81. The summed E-state index contributed by atoms with van der Waals surface area (Å²) in [6.07, 6.45) is -3.32. The quantitative estimate of drug-likeness (QED) is 0.638. The molecule has 1 fully saturated rings. The Labute approximate surface area is 172 Å². The molecule has 30 heavy (non-hydrogen) atoms. The zero-order valence-electron chi connectivity index (χ0n) is 16.5. The summed E-state index contributed by atoms with van der Waals surface area (Å²) in [4.78, 5) is 4.60. The van der Waals surface area contributed by atoms with E-state index < -0.39 is 11.7 Å². The van der Waals surface area contributed by atoms with Crippen molar-refractivity contribution in [1.82, 2.24) is 30.0 Å². The van der Waals surface area contributed by atoms with Crippen LogP contribution in [0.3, 0.4) is 0 Å². The van der Waals surface area contributed by atoms with Gasteiger partial charge in [0.25, 0.3) is 0 Å².